The number of aromatic carboxylic acids is 1. The number of carboxylic acids is 1. The lowest BCUT2D eigenvalue weighted by Gasteiger charge is -2.03. The van der Waals surface area contributed by atoms with Crippen LogP contribution in [-0.4, -0.2) is 27.6 Å². The number of benzene rings is 1. The van der Waals surface area contributed by atoms with Gasteiger partial charge in [-0.2, -0.15) is 0 Å². The van der Waals surface area contributed by atoms with Crippen LogP contribution in [0.15, 0.2) is 18.2 Å². The van der Waals surface area contributed by atoms with E-state index in [9.17, 15) is 19.8 Å². The van der Waals surface area contributed by atoms with Crippen molar-refractivity contribution in [2.45, 2.75) is 0 Å². The molecule has 0 aliphatic carbocycles. The van der Waals surface area contributed by atoms with Crippen LogP contribution in [0.2, 0.25) is 0 Å². The van der Waals surface area contributed by atoms with Crippen molar-refractivity contribution in [2.75, 3.05) is 0 Å². The first-order chi connectivity index (χ1) is 7.06. The van der Waals surface area contributed by atoms with Crippen LogP contribution in [-0.2, 0) is 4.79 Å². The molecule has 0 spiro atoms. The molecule has 0 fully saturated rings. The molecule has 0 aliphatic rings. The van der Waals surface area contributed by atoms with Crippen LogP contribution < -0.4 is 0 Å². The lowest BCUT2D eigenvalue weighted by Crippen LogP contribution is -1.97. The van der Waals surface area contributed by atoms with Gasteiger partial charge in [-0.1, -0.05) is 0 Å². The van der Waals surface area contributed by atoms with Crippen molar-refractivity contribution < 1.29 is 24.9 Å². The molecule has 1 aromatic carbocycles. The molecule has 0 heterocycles. The molecule has 78 valence electrons. The van der Waals surface area contributed by atoms with Crippen LogP contribution in [0.3, 0.4) is 0 Å². The highest BCUT2D eigenvalue weighted by atomic mass is 16.4. The SMILES string of the molecule is O=CC=Cc1cc(C(=O)O)c(O)cc1O. The fourth-order valence-corrected chi connectivity index (χ4v) is 1.04. The third kappa shape index (κ3) is 2.34. The first-order valence-electron chi connectivity index (χ1n) is 3.97. The number of carboxylic acid groups (broad SMARTS) is 1. The van der Waals surface area contributed by atoms with Crippen molar-refractivity contribution in [3.05, 3.63) is 29.3 Å². The van der Waals surface area contributed by atoms with Crippen molar-refractivity contribution in [3.63, 3.8) is 0 Å². The number of hydrogen-bond donors (Lipinski definition) is 3. The zero-order valence-corrected chi connectivity index (χ0v) is 7.54. The first-order valence-corrected chi connectivity index (χ1v) is 3.97. The van der Waals surface area contributed by atoms with Gasteiger partial charge in [0, 0.05) is 11.6 Å². The van der Waals surface area contributed by atoms with Crippen molar-refractivity contribution in [2.24, 2.45) is 0 Å². The van der Waals surface area contributed by atoms with E-state index in [-0.39, 0.29) is 16.9 Å². The van der Waals surface area contributed by atoms with E-state index in [1.54, 1.807) is 0 Å². The molecule has 0 aliphatic heterocycles. The maximum Gasteiger partial charge on any atom is 0.339 e. The van der Waals surface area contributed by atoms with Gasteiger partial charge in [0.25, 0.3) is 0 Å². The summed E-state index contributed by atoms with van der Waals surface area (Å²) in [5, 5.41) is 27.2. The average molecular weight is 208 g/mol. The summed E-state index contributed by atoms with van der Waals surface area (Å²) in [6.07, 6.45) is 2.85. The number of phenolic OH excluding ortho intramolecular Hbond substituents is 1. The Morgan fingerprint density at radius 3 is 2.40 bits per heavy atom. The molecule has 0 unspecified atom stereocenters. The van der Waals surface area contributed by atoms with Crippen LogP contribution >= 0.6 is 0 Å². The molecule has 0 amide bonds. The maximum absolute atomic E-state index is 10.6. The van der Waals surface area contributed by atoms with E-state index >= 15 is 0 Å². The van der Waals surface area contributed by atoms with E-state index in [4.69, 9.17) is 5.11 Å². The number of aromatic hydroxyl groups is 2. The third-order valence-electron chi connectivity index (χ3n) is 1.73. The third-order valence-corrected chi connectivity index (χ3v) is 1.73. The summed E-state index contributed by atoms with van der Waals surface area (Å²) in [6, 6.07) is 1.99. The minimum atomic E-state index is -1.31. The Bertz CT molecular complexity index is 434. The predicted molar refractivity (Wildman–Crippen MR) is 51.8 cm³/mol. The molecule has 5 nitrogen and oxygen atoms in total. The Kier molecular flexibility index (Phi) is 3.07. The maximum atomic E-state index is 10.6. The molecule has 15 heavy (non-hydrogen) atoms. The molecule has 3 N–H and O–H groups in total. The normalized spacial score (nSPS) is 10.4. The van der Waals surface area contributed by atoms with Crippen LogP contribution in [0.1, 0.15) is 15.9 Å². The summed E-state index contributed by atoms with van der Waals surface area (Å²) in [5.41, 5.74) is -0.185. The topological polar surface area (TPSA) is 94.8 Å². The molecule has 1 rings (SSSR count). The smallest absolute Gasteiger partial charge is 0.339 e. The van der Waals surface area contributed by atoms with Gasteiger partial charge in [-0.3, -0.25) is 4.79 Å². The van der Waals surface area contributed by atoms with Gasteiger partial charge in [-0.25, -0.2) is 4.79 Å². The van der Waals surface area contributed by atoms with Gasteiger partial charge in [0.1, 0.15) is 23.3 Å². The Labute approximate surface area is 84.9 Å². The van der Waals surface area contributed by atoms with Crippen molar-refractivity contribution >= 4 is 18.3 Å². The van der Waals surface area contributed by atoms with Gasteiger partial charge < -0.3 is 15.3 Å². The minimum absolute atomic E-state index is 0.150. The summed E-state index contributed by atoms with van der Waals surface area (Å²) in [4.78, 5) is 20.7. The highest BCUT2D eigenvalue weighted by molar-refractivity contribution is 5.92. The summed E-state index contributed by atoms with van der Waals surface area (Å²) in [6.45, 7) is 0. The Morgan fingerprint density at radius 1 is 1.20 bits per heavy atom. The number of phenols is 2. The highest BCUT2D eigenvalue weighted by Crippen LogP contribution is 2.28. The second-order valence-electron chi connectivity index (χ2n) is 2.73. The molecular weight excluding hydrogens is 200 g/mol. The molecule has 0 saturated carbocycles. The van der Waals surface area contributed by atoms with Crippen molar-refractivity contribution in [3.8, 4) is 11.5 Å². The fourth-order valence-electron chi connectivity index (χ4n) is 1.04. The summed E-state index contributed by atoms with van der Waals surface area (Å²) < 4.78 is 0. The second kappa shape index (κ2) is 4.28. The molecular formula is C10H8O5. The van der Waals surface area contributed by atoms with E-state index in [0.29, 0.717) is 6.29 Å². The summed E-state index contributed by atoms with van der Waals surface area (Å²) in [7, 11) is 0. The first kappa shape index (κ1) is 10.8. The zero-order valence-electron chi connectivity index (χ0n) is 7.54. The van der Waals surface area contributed by atoms with Crippen LogP contribution in [0.4, 0.5) is 0 Å². The number of carbonyl (C=O) groups is 2. The van der Waals surface area contributed by atoms with Gasteiger partial charge in [0.15, 0.2) is 0 Å². The van der Waals surface area contributed by atoms with Crippen molar-refractivity contribution in [1.29, 1.82) is 0 Å². The van der Waals surface area contributed by atoms with Gasteiger partial charge in [0.05, 0.1) is 0 Å². The molecule has 0 bridgehead atoms. The number of aldehydes is 1. The van der Waals surface area contributed by atoms with Gasteiger partial charge >= 0.3 is 5.97 Å². The average Bonchev–Trinajstić information content (AvgIpc) is 2.16. The predicted octanol–water partition coefficient (Wildman–Crippen LogP) is 1.01. The standard InChI is InChI=1S/C10H8O5/c11-3-1-2-6-4-7(10(14)15)9(13)5-8(6)12/h1-5,12-13H,(H,14,15). The Balaban J connectivity index is 3.29. The highest BCUT2D eigenvalue weighted by Gasteiger charge is 2.12. The van der Waals surface area contributed by atoms with E-state index in [2.05, 4.69) is 0 Å². The lowest BCUT2D eigenvalue weighted by atomic mass is 10.1. The van der Waals surface area contributed by atoms with E-state index in [0.717, 1.165) is 18.2 Å². The van der Waals surface area contributed by atoms with Crippen LogP contribution in [0, 0.1) is 0 Å². The largest absolute Gasteiger partial charge is 0.507 e. The quantitative estimate of drug-likeness (QED) is 0.509. The number of allylic oxidation sites excluding steroid dienone is 1. The van der Waals surface area contributed by atoms with Crippen LogP contribution in [0.5, 0.6) is 11.5 Å². The van der Waals surface area contributed by atoms with Crippen molar-refractivity contribution in [1.82, 2.24) is 0 Å². The van der Waals surface area contributed by atoms with Gasteiger partial charge in [0.2, 0.25) is 0 Å². The monoisotopic (exact) mass is 208 g/mol. The van der Waals surface area contributed by atoms with E-state index < -0.39 is 11.7 Å². The Hall–Kier alpha value is -2.30. The van der Waals surface area contributed by atoms with E-state index in [1.807, 2.05) is 0 Å². The number of carbonyl (C=O) groups excluding carboxylic acids is 1. The molecule has 0 radical (unpaired) electrons. The minimum Gasteiger partial charge on any atom is -0.507 e. The van der Waals surface area contributed by atoms with E-state index in [1.165, 1.54) is 6.08 Å². The molecule has 5 heteroatoms. The van der Waals surface area contributed by atoms with Gasteiger partial charge in [-0.15, -0.1) is 0 Å². The molecule has 0 aromatic heterocycles. The van der Waals surface area contributed by atoms with Crippen LogP contribution in [0.25, 0.3) is 6.08 Å². The second-order valence-corrected chi connectivity index (χ2v) is 2.73. The molecule has 0 atom stereocenters. The number of rotatable bonds is 3. The molecule has 1 aromatic rings. The summed E-state index contributed by atoms with van der Waals surface area (Å²) in [5.74, 6) is -2.13. The fraction of sp³-hybridized carbons (Fsp3) is 0. The lowest BCUT2D eigenvalue weighted by molar-refractivity contribution is -0.104. The van der Waals surface area contributed by atoms with Gasteiger partial charge in [-0.05, 0) is 18.2 Å². The summed E-state index contributed by atoms with van der Waals surface area (Å²) >= 11 is 0. The Morgan fingerprint density at radius 2 is 1.87 bits per heavy atom. The zero-order chi connectivity index (χ0) is 11.4. The molecule has 0 saturated heterocycles. The number of hydrogen-bond acceptors (Lipinski definition) is 4.